The molecule has 0 fully saturated rings. The van der Waals surface area contributed by atoms with Gasteiger partial charge in [-0.25, -0.2) is 0 Å². The highest BCUT2D eigenvalue weighted by Crippen LogP contribution is 2.17. The third-order valence-electron chi connectivity index (χ3n) is 1.81. The summed E-state index contributed by atoms with van der Waals surface area (Å²) in [5.41, 5.74) is 0.723. The molecule has 1 aromatic carbocycles. The Morgan fingerprint density at radius 1 is 1.25 bits per heavy atom. The number of hydrogen-bond acceptors (Lipinski definition) is 4. The molecule has 16 heavy (non-hydrogen) atoms. The fourth-order valence-electron chi connectivity index (χ4n) is 1.13. The van der Waals surface area contributed by atoms with Gasteiger partial charge in [-0.3, -0.25) is 0 Å². The fourth-order valence-corrected chi connectivity index (χ4v) is 1.13. The summed E-state index contributed by atoms with van der Waals surface area (Å²) in [5, 5.41) is 17.3. The molecule has 0 unspecified atom stereocenters. The Hall–Kier alpha value is -1.04. The van der Waals surface area contributed by atoms with E-state index in [-0.39, 0.29) is 5.60 Å². The lowest BCUT2D eigenvalue weighted by Gasteiger charge is -2.19. The molecule has 0 aliphatic heterocycles. The number of benzene rings is 1. The first-order valence-electron chi connectivity index (χ1n) is 5.12. The van der Waals surface area contributed by atoms with Crippen molar-refractivity contribution in [3.63, 3.8) is 0 Å². The molecule has 0 heterocycles. The van der Waals surface area contributed by atoms with Gasteiger partial charge in [0.05, 0.1) is 12.2 Å². The van der Waals surface area contributed by atoms with Crippen LogP contribution in [0, 0.1) is 0 Å². The van der Waals surface area contributed by atoms with Gasteiger partial charge in [0.25, 0.3) is 0 Å². The van der Waals surface area contributed by atoms with Gasteiger partial charge in [-0.2, -0.15) is 0 Å². The molecule has 0 saturated heterocycles. The van der Waals surface area contributed by atoms with Gasteiger partial charge in [0, 0.05) is 0 Å². The molecule has 0 aliphatic carbocycles. The molecule has 0 aromatic heterocycles. The molecule has 0 radical (unpaired) electrons. The Balaban J connectivity index is 2.60. The predicted octanol–water partition coefficient (Wildman–Crippen LogP) is 1.35. The normalized spacial score (nSPS) is 11.3. The van der Waals surface area contributed by atoms with Crippen LogP contribution in [0.5, 0.6) is 5.75 Å². The van der Waals surface area contributed by atoms with Crippen LogP contribution >= 0.6 is 0 Å². The molecule has 0 saturated carbocycles. The van der Waals surface area contributed by atoms with Crippen molar-refractivity contribution in [1.29, 1.82) is 0 Å². The van der Waals surface area contributed by atoms with E-state index in [1.54, 1.807) is 18.2 Å². The molecule has 88 valence electrons. The standard InChI is InChI=1S/C11H17BO4/c1-11(2,3)15-8-9-5-4-6-10(7-9)16-12(13)14/h4-7,13-14H,8H2,1-3H3. The van der Waals surface area contributed by atoms with Crippen LogP contribution in [0.15, 0.2) is 24.3 Å². The highest BCUT2D eigenvalue weighted by molar-refractivity contribution is 6.33. The van der Waals surface area contributed by atoms with Crippen molar-refractivity contribution in [2.24, 2.45) is 0 Å². The van der Waals surface area contributed by atoms with Gasteiger partial charge in [-0.1, -0.05) is 12.1 Å². The molecule has 0 atom stereocenters. The third kappa shape index (κ3) is 5.16. The largest absolute Gasteiger partial charge is 0.707 e. The molecule has 1 rings (SSSR count). The summed E-state index contributed by atoms with van der Waals surface area (Å²) in [6.07, 6.45) is 0. The number of hydrogen-bond donors (Lipinski definition) is 2. The summed E-state index contributed by atoms with van der Waals surface area (Å²) in [7, 11) is -1.79. The van der Waals surface area contributed by atoms with E-state index in [0.717, 1.165) is 5.56 Å². The summed E-state index contributed by atoms with van der Waals surface area (Å²) in [4.78, 5) is 0. The van der Waals surface area contributed by atoms with Gasteiger partial charge in [0.2, 0.25) is 0 Å². The lowest BCUT2D eigenvalue weighted by molar-refractivity contribution is -0.0150. The zero-order valence-electron chi connectivity index (χ0n) is 9.80. The van der Waals surface area contributed by atoms with E-state index in [1.165, 1.54) is 0 Å². The zero-order chi connectivity index (χ0) is 12.2. The number of rotatable bonds is 4. The highest BCUT2D eigenvalue weighted by atomic mass is 16.6. The molecule has 2 N–H and O–H groups in total. The monoisotopic (exact) mass is 224 g/mol. The number of ether oxygens (including phenoxy) is 1. The smallest absolute Gasteiger partial charge is 0.512 e. The zero-order valence-corrected chi connectivity index (χ0v) is 9.80. The van der Waals surface area contributed by atoms with E-state index in [1.807, 2.05) is 26.8 Å². The van der Waals surface area contributed by atoms with Crippen LogP contribution in [0.4, 0.5) is 0 Å². The Morgan fingerprint density at radius 3 is 2.50 bits per heavy atom. The van der Waals surface area contributed by atoms with E-state index in [0.29, 0.717) is 12.4 Å². The van der Waals surface area contributed by atoms with E-state index < -0.39 is 7.32 Å². The second-order valence-corrected chi connectivity index (χ2v) is 4.49. The van der Waals surface area contributed by atoms with Gasteiger partial charge in [-0.05, 0) is 38.5 Å². The minimum absolute atomic E-state index is 0.201. The average Bonchev–Trinajstić information content (AvgIpc) is 2.13. The summed E-state index contributed by atoms with van der Waals surface area (Å²) in [6.45, 7) is 6.39. The average molecular weight is 224 g/mol. The summed E-state index contributed by atoms with van der Waals surface area (Å²) in [5.74, 6) is 0.407. The first-order valence-corrected chi connectivity index (χ1v) is 5.12. The minimum atomic E-state index is -1.79. The molecular weight excluding hydrogens is 207 g/mol. The van der Waals surface area contributed by atoms with Crippen LogP contribution in [0.3, 0.4) is 0 Å². The summed E-state index contributed by atoms with van der Waals surface area (Å²) < 4.78 is 10.3. The van der Waals surface area contributed by atoms with E-state index in [9.17, 15) is 0 Å². The Bertz CT molecular complexity index is 333. The van der Waals surface area contributed by atoms with Crippen molar-refractivity contribution in [3.05, 3.63) is 29.8 Å². The third-order valence-corrected chi connectivity index (χ3v) is 1.81. The molecule has 0 amide bonds. The molecule has 4 nitrogen and oxygen atoms in total. The van der Waals surface area contributed by atoms with Gasteiger partial charge < -0.3 is 19.4 Å². The lowest BCUT2D eigenvalue weighted by Crippen LogP contribution is -2.21. The molecular formula is C11H17BO4. The highest BCUT2D eigenvalue weighted by Gasteiger charge is 2.12. The van der Waals surface area contributed by atoms with Gasteiger partial charge in [0.1, 0.15) is 5.75 Å². The molecule has 1 aromatic rings. The van der Waals surface area contributed by atoms with Crippen LogP contribution in [0.2, 0.25) is 0 Å². The predicted molar refractivity (Wildman–Crippen MR) is 61.8 cm³/mol. The first-order chi connectivity index (χ1) is 7.37. The maximum absolute atomic E-state index is 8.66. The molecule has 0 aliphatic rings. The quantitative estimate of drug-likeness (QED) is 0.758. The van der Waals surface area contributed by atoms with Crippen LogP contribution in [0.25, 0.3) is 0 Å². The van der Waals surface area contributed by atoms with E-state index >= 15 is 0 Å². The van der Waals surface area contributed by atoms with Crippen LogP contribution in [0.1, 0.15) is 26.3 Å². The van der Waals surface area contributed by atoms with Crippen LogP contribution in [-0.2, 0) is 11.3 Å². The SMILES string of the molecule is CC(C)(C)OCc1cccc(OB(O)O)c1. The van der Waals surface area contributed by atoms with Crippen molar-refractivity contribution >= 4 is 7.32 Å². The van der Waals surface area contributed by atoms with Crippen molar-refractivity contribution in [2.45, 2.75) is 33.0 Å². The lowest BCUT2D eigenvalue weighted by atomic mass is 10.1. The van der Waals surface area contributed by atoms with Gasteiger partial charge in [-0.15, -0.1) is 0 Å². The Kier molecular flexibility index (Phi) is 4.35. The minimum Gasteiger partial charge on any atom is -0.512 e. The maximum atomic E-state index is 8.66. The molecule has 5 heteroatoms. The van der Waals surface area contributed by atoms with E-state index in [2.05, 4.69) is 0 Å². The maximum Gasteiger partial charge on any atom is 0.707 e. The molecule has 0 bridgehead atoms. The van der Waals surface area contributed by atoms with Crippen LogP contribution in [-0.4, -0.2) is 23.0 Å². The fraction of sp³-hybridized carbons (Fsp3) is 0.455. The van der Waals surface area contributed by atoms with Crippen LogP contribution < -0.4 is 4.65 Å². The Morgan fingerprint density at radius 2 is 1.94 bits per heavy atom. The topological polar surface area (TPSA) is 58.9 Å². The molecule has 0 spiro atoms. The van der Waals surface area contributed by atoms with Crippen molar-refractivity contribution in [3.8, 4) is 5.75 Å². The van der Waals surface area contributed by atoms with Crippen molar-refractivity contribution < 1.29 is 19.4 Å². The van der Waals surface area contributed by atoms with Gasteiger partial charge >= 0.3 is 7.32 Å². The van der Waals surface area contributed by atoms with E-state index in [4.69, 9.17) is 19.4 Å². The first kappa shape index (κ1) is 13.0. The summed E-state index contributed by atoms with van der Waals surface area (Å²) >= 11 is 0. The van der Waals surface area contributed by atoms with Crippen molar-refractivity contribution in [2.75, 3.05) is 0 Å². The van der Waals surface area contributed by atoms with Crippen molar-refractivity contribution in [1.82, 2.24) is 0 Å². The Labute approximate surface area is 96.0 Å². The van der Waals surface area contributed by atoms with Gasteiger partial charge in [0.15, 0.2) is 0 Å². The second kappa shape index (κ2) is 5.34. The summed E-state index contributed by atoms with van der Waals surface area (Å²) in [6, 6.07) is 7.03. The second-order valence-electron chi connectivity index (χ2n) is 4.49.